The lowest BCUT2D eigenvalue weighted by molar-refractivity contribution is 0.533. The van der Waals surface area contributed by atoms with Crippen LogP contribution in [0.15, 0.2) is 21.2 Å². The lowest BCUT2D eigenvalue weighted by Gasteiger charge is -2.23. The summed E-state index contributed by atoms with van der Waals surface area (Å²) in [5, 5.41) is 3.52. The van der Waals surface area contributed by atoms with Crippen molar-refractivity contribution < 1.29 is 0 Å². The van der Waals surface area contributed by atoms with Gasteiger partial charge in [0, 0.05) is 33.0 Å². The van der Waals surface area contributed by atoms with Crippen molar-refractivity contribution in [1.29, 1.82) is 0 Å². The number of halogens is 2. The fraction of sp³-hybridized carbons (Fsp3) is 0.583. The molecule has 1 fully saturated rings. The van der Waals surface area contributed by atoms with E-state index in [1.165, 1.54) is 18.6 Å². The average molecular weight is 380 g/mol. The Morgan fingerprint density at radius 2 is 2.35 bits per heavy atom. The second kappa shape index (κ2) is 6.04. The molecule has 1 aromatic heterocycles. The first-order chi connectivity index (χ1) is 8.09. The van der Waals surface area contributed by atoms with E-state index < -0.39 is 0 Å². The first kappa shape index (κ1) is 13.8. The van der Waals surface area contributed by atoms with E-state index in [2.05, 4.69) is 60.8 Å². The van der Waals surface area contributed by atoms with Crippen LogP contribution in [0.1, 0.15) is 25.5 Å². The third-order valence-electron chi connectivity index (χ3n) is 2.98. The lowest BCUT2D eigenvalue weighted by atomic mass is 10.1. The Kier molecular flexibility index (Phi) is 4.92. The van der Waals surface area contributed by atoms with Crippen molar-refractivity contribution >= 4 is 43.6 Å². The van der Waals surface area contributed by atoms with Crippen molar-refractivity contribution in [1.82, 2.24) is 10.3 Å². The number of thioether (sulfide) groups is 1. The van der Waals surface area contributed by atoms with Crippen molar-refractivity contribution in [3.05, 3.63) is 26.9 Å². The molecule has 0 aromatic carbocycles. The zero-order chi connectivity index (χ0) is 12.3. The number of nitrogens with zero attached hydrogens (tertiary/aromatic N) is 1. The fourth-order valence-electron chi connectivity index (χ4n) is 1.99. The summed E-state index contributed by atoms with van der Waals surface area (Å²) in [6.45, 7) is 4.23. The minimum Gasteiger partial charge on any atom is -0.310 e. The van der Waals surface area contributed by atoms with Gasteiger partial charge in [-0.15, -0.1) is 0 Å². The molecule has 1 aromatic rings. The Balaban J connectivity index is 1.85. The fourth-order valence-corrected chi connectivity index (χ4v) is 4.40. The van der Waals surface area contributed by atoms with Crippen molar-refractivity contribution in [2.75, 3.05) is 12.3 Å². The second-order valence-corrected chi connectivity index (χ2v) is 8.04. The highest BCUT2D eigenvalue weighted by Gasteiger charge is 2.28. The molecule has 2 rings (SSSR count). The Hall–Kier alpha value is 0.420. The van der Waals surface area contributed by atoms with Gasteiger partial charge in [0.2, 0.25) is 0 Å². The predicted molar refractivity (Wildman–Crippen MR) is 81.4 cm³/mol. The van der Waals surface area contributed by atoms with Crippen LogP contribution in [0.5, 0.6) is 0 Å². The highest BCUT2D eigenvalue weighted by molar-refractivity contribution is 9.11. The summed E-state index contributed by atoms with van der Waals surface area (Å²) in [5.74, 6) is 1.30. The SMILES string of the molecule is CC1(CNCc2ncc(Br)cc2Br)CCCS1. The first-order valence-electron chi connectivity index (χ1n) is 5.74. The van der Waals surface area contributed by atoms with Crippen LogP contribution in [0, 0.1) is 0 Å². The van der Waals surface area contributed by atoms with Gasteiger partial charge in [-0.25, -0.2) is 0 Å². The Morgan fingerprint density at radius 3 is 3.00 bits per heavy atom. The van der Waals surface area contributed by atoms with E-state index in [4.69, 9.17) is 0 Å². The number of pyridine rings is 1. The van der Waals surface area contributed by atoms with Crippen LogP contribution in [0.3, 0.4) is 0 Å². The summed E-state index contributed by atoms with van der Waals surface area (Å²) in [5.41, 5.74) is 1.07. The normalized spacial score (nSPS) is 24.2. The molecule has 0 radical (unpaired) electrons. The Bertz CT molecular complexity index is 392. The van der Waals surface area contributed by atoms with Gasteiger partial charge in [0.25, 0.3) is 0 Å². The summed E-state index contributed by atoms with van der Waals surface area (Å²) < 4.78 is 2.48. The summed E-state index contributed by atoms with van der Waals surface area (Å²) in [6.07, 6.45) is 4.51. The van der Waals surface area contributed by atoms with Gasteiger partial charge in [0.15, 0.2) is 0 Å². The molecule has 17 heavy (non-hydrogen) atoms. The third kappa shape index (κ3) is 3.94. The van der Waals surface area contributed by atoms with E-state index in [0.717, 1.165) is 27.7 Å². The molecule has 1 unspecified atom stereocenters. The monoisotopic (exact) mass is 378 g/mol. The molecule has 2 heterocycles. The van der Waals surface area contributed by atoms with Crippen LogP contribution in [-0.4, -0.2) is 22.0 Å². The van der Waals surface area contributed by atoms with Gasteiger partial charge < -0.3 is 5.32 Å². The lowest BCUT2D eigenvalue weighted by Crippen LogP contribution is -2.32. The van der Waals surface area contributed by atoms with Crippen molar-refractivity contribution in [3.63, 3.8) is 0 Å². The minimum atomic E-state index is 0.418. The standard InChI is InChI=1S/C12H16Br2N2S/c1-12(3-2-4-17-12)8-15-7-11-10(14)5-9(13)6-16-11/h5-6,15H,2-4,7-8H2,1H3. The summed E-state index contributed by atoms with van der Waals surface area (Å²) >= 11 is 9.03. The van der Waals surface area contributed by atoms with Gasteiger partial charge in [-0.1, -0.05) is 0 Å². The van der Waals surface area contributed by atoms with E-state index in [1.54, 1.807) is 0 Å². The average Bonchev–Trinajstić information content (AvgIpc) is 2.69. The van der Waals surface area contributed by atoms with Crippen molar-refractivity contribution in [2.45, 2.75) is 31.1 Å². The molecule has 2 nitrogen and oxygen atoms in total. The molecule has 0 saturated carbocycles. The van der Waals surface area contributed by atoms with Crippen molar-refractivity contribution in [2.24, 2.45) is 0 Å². The number of hydrogen-bond donors (Lipinski definition) is 1. The van der Waals surface area contributed by atoms with E-state index in [9.17, 15) is 0 Å². The van der Waals surface area contributed by atoms with Gasteiger partial charge in [0.05, 0.1) is 5.69 Å². The molecule has 94 valence electrons. The smallest absolute Gasteiger partial charge is 0.0684 e. The van der Waals surface area contributed by atoms with E-state index >= 15 is 0 Å². The summed E-state index contributed by atoms with van der Waals surface area (Å²) in [4.78, 5) is 4.40. The molecule has 0 spiro atoms. The van der Waals surface area contributed by atoms with Gasteiger partial charge in [-0.3, -0.25) is 4.98 Å². The van der Waals surface area contributed by atoms with Crippen LogP contribution < -0.4 is 5.32 Å². The van der Waals surface area contributed by atoms with Gasteiger partial charge in [-0.2, -0.15) is 11.8 Å². The molecular weight excluding hydrogens is 364 g/mol. The largest absolute Gasteiger partial charge is 0.310 e. The minimum absolute atomic E-state index is 0.418. The highest BCUT2D eigenvalue weighted by atomic mass is 79.9. The van der Waals surface area contributed by atoms with E-state index in [0.29, 0.717) is 4.75 Å². The molecule has 1 aliphatic rings. The zero-order valence-corrected chi connectivity index (χ0v) is 13.8. The molecule has 1 saturated heterocycles. The number of aromatic nitrogens is 1. The zero-order valence-electron chi connectivity index (χ0n) is 9.80. The third-order valence-corrected chi connectivity index (χ3v) is 5.63. The van der Waals surface area contributed by atoms with Gasteiger partial charge >= 0.3 is 0 Å². The van der Waals surface area contributed by atoms with Crippen LogP contribution in [0.4, 0.5) is 0 Å². The molecule has 1 atom stereocenters. The second-order valence-electron chi connectivity index (χ2n) is 4.59. The quantitative estimate of drug-likeness (QED) is 0.856. The maximum Gasteiger partial charge on any atom is 0.0684 e. The molecule has 0 bridgehead atoms. The number of rotatable bonds is 4. The van der Waals surface area contributed by atoms with Gasteiger partial charge in [-0.05, 0) is 63.4 Å². The van der Waals surface area contributed by atoms with Crippen LogP contribution in [0.25, 0.3) is 0 Å². The maximum absolute atomic E-state index is 4.40. The molecule has 1 N–H and O–H groups in total. The molecule has 0 aliphatic carbocycles. The topological polar surface area (TPSA) is 24.9 Å². The summed E-state index contributed by atoms with van der Waals surface area (Å²) in [6, 6.07) is 2.04. The molecule has 5 heteroatoms. The number of nitrogens with one attached hydrogen (secondary N) is 1. The van der Waals surface area contributed by atoms with Crippen LogP contribution >= 0.6 is 43.6 Å². The van der Waals surface area contributed by atoms with Crippen LogP contribution in [-0.2, 0) is 6.54 Å². The molecular formula is C12H16Br2N2S. The number of hydrogen-bond acceptors (Lipinski definition) is 3. The predicted octanol–water partition coefficient (Wildman–Crippen LogP) is 3.98. The maximum atomic E-state index is 4.40. The molecule has 1 aliphatic heterocycles. The summed E-state index contributed by atoms with van der Waals surface area (Å²) in [7, 11) is 0. The Morgan fingerprint density at radius 1 is 1.53 bits per heavy atom. The highest BCUT2D eigenvalue weighted by Crippen LogP contribution is 2.37. The van der Waals surface area contributed by atoms with Crippen molar-refractivity contribution in [3.8, 4) is 0 Å². The van der Waals surface area contributed by atoms with Gasteiger partial charge in [0.1, 0.15) is 0 Å². The van der Waals surface area contributed by atoms with E-state index in [-0.39, 0.29) is 0 Å². The Labute approximate surface area is 124 Å². The van der Waals surface area contributed by atoms with E-state index in [1.807, 2.05) is 12.3 Å². The van der Waals surface area contributed by atoms with Crippen LogP contribution in [0.2, 0.25) is 0 Å². The molecule has 0 amide bonds. The first-order valence-corrected chi connectivity index (χ1v) is 8.31.